The molecule has 2 aromatic rings. The van der Waals surface area contributed by atoms with Crippen LogP contribution in [-0.4, -0.2) is 41.3 Å². The Morgan fingerprint density at radius 1 is 1.03 bits per heavy atom. The van der Waals surface area contributed by atoms with E-state index in [2.05, 4.69) is 34.9 Å². The molecule has 2 aliphatic rings. The molecule has 0 saturated heterocycles. The zero-order valence-corrected chi connectivity index (χ0v) is 19.7. The number of carbonyl (C=O) groups is 3. The molecule has 7 nitrogen and oxygen atoms in total. The molecule has 0 radical (unpaired) electrons. The van der Waals surface area contributed by atoms with E-state index >= 15 is 0 Å². The molecule has 0 bridgehead atoms. The number of amides is 2. The van der Waals surface area contributed by atoms with Gasteiger partial charge in [-0.3, -0.25) is 9.59 Å². The zero-order chi connectivity index (χ0) is 24.3. The lowest BCUT2D eigenvalue weighted by molar-refractivity contribution is -0.138. The van der Waals surface area contributed by atoms with E-state index in [9.17, 15) is 14.4 Å². The number of hydrogen-bond donors (Lipinski definition) is 3. The third kappa shape index (κ3) is 5.24. The number of aliphatic carboxylic acids is 1. The normalized spacial score (nSPS) is 16.1. The number of rotatable bonds is 9. The maximum absolute atomic E-state index is 13.0. The van der Waals surface area contributed by atoms with Crippen LogP contribution in [0.2, 0.25) is 0 Å². The number of nitrogens with one attached hydrogen (secondary N) is 2. The number of fused-ring (bicyclic) bond motifs is 3. The topological polar surface area (TPSA) is 105 Å². The van der Waals surface area contributed by atoms with Crippen molar-refractivity contribution in [3.63, 3.8) is 0 Å². The van der Waals surface area contributed by atoms with Crippen molar-refractivity contribution < 1.29 is 24.2 Å². The number of hydrogen-bond acceptors (Lipinski definition) is 4. The van der Waals surface area contributed by atoms with Crippen LogP contribution in [0.1, 0.15) is 63.0 Å². The summed E-state index contributed by atoms with van der Waals surface area (Å²) in [6.07, 6.45) is 2.38. The molecular weight excluding hydrogens is 432 g/mol. The summed E-state index contributed by atoms with van der Waals surface area (Å²) in [6.45, 7) is 3.76. The van der Waals surface area contributed by atoms with E-state index in [4.69, 9.17) is 9.84 Å². The molecule has 0 spiro atoms. The SMILES string of the molecule is CC(C)(CCC(=O)O)NC(=O)C(NC(=O)OCC1c2ccccc2-c2ccccc21)C1CCC1. The fourth-order valence-corrected chi connectivity index (χ4v) is 4.83. The Bertz CT molecular complexity index is 1030. The lowest BCUT2D eigenvalue weighted by atomic mass is 9.79. The number of carboxylic acid groups (broad SMARTS) is 1. The van der Waals surface area contributed by atoms with E-state index in [1.807, 2.05) is 24.3 Å². The molecule has 180 valence electrons. The van der Waals surface area contributed by atoms with E-state index < -0.39 is 23.6 Å². The lowest BCUT2D eigenvalue weighted by Crippen LogP contribution is -2.57. The van der Waals surface area contributed by atoms with E-state index in [-0.39, 0.29) is 30.8 Å². The highest BCUT2D eigenvalue weighted by Crippen LogP contribution is 2.44. The molecule has 7 heteroatoms. The molecule has 1 unspecified atom stereocenters. The Hall–Kier alpha value is -3.35. The minimum atomic E-state index is -0.908. The lowest BCUT2D eigenvalue weighted by Gasteiger charge is -2.35. The summed E-state index contributed by atoms with van der Waals surface area (Å²) in [4.78, 5) is 36.7. The first-order valence-corrected chi connectivity index (χ1v) is 11.9. The maximum Gasteiger partial charge on any atom is 0.407 e. The van der Waals surface area contributed by atoms with Gasteiger partial charge in [0.25, 0.3) is 0 Å². The molecular formula is C27H32N2O5. The predicted molar refractivity (Wildman–Crippen MR) is 128 cm³/mol. The number of benzene rings is 2. The molecule has 34 heavy (non-hydrogen) atoms. The van der Waals surface area contributed by atoms with Crippen molar-refractivity contribution in [2.75, 3.05) is 6.61 Å². The van der Waals surface area contributed by atoms with Crippen LogP contribution in [0, 0.1) is 5.92 Å². The second-order valence-corrected chi connectivity index (χ2v) is 9.91. The van der Waals surface area contributed by atoms with Gasteiger partial charge < -0.3 is 20.5 Å². The standard InChI is InChI=1S/C27H32N2O5/c1-27(2,15-14-23(30)31)29-25(32)24(17-8-7-9-17)28-26(33)34-16-22-20-12-5-3-10-18(20)19-11-4-6-13-21(19)22/h3-6,10-13,17,22,24H,7-9,14-16H2,1-2H3,(H,28,33)(H,29,32)(H,30,31). The average molecular weight is 465 g/mol. The largest absolute Gasteiger partial charge is 0.481 e. The van der Waals surface area contributed by atoms with Gasteiger partial charge in [0.05, 0.1) is 0 Å². The summed E-state index contributed by atoms with van der Waals surface area (Å²) in [5.41, 5.74) is 3.88. The van der Waals surface area contributed by atoms with Gasteiger partial charge >= 0.3 is 12.1 Å². The fourth-order valence-electron chi connectivity index (χ4n) is 4.83. The first-order chi connectivity index (χ1) is 16.2. The summed E-state index contributed by atoms with van der Waals surface area (Å²) >= 11 is 0. The van der Waals surface area contributed by atoms with Gasteiger partial charge in [0.1, 0.15) is 12.6 Å². The van der Waals surface area contributed by atoms with Gasteiger partial charge in [-0.25, -0.2) is 4.79 Å². The van der Waals surface area contributed by atoms with Gasteiger partial charge in [0.2, 0.25) is 5.91 Å². The molecule has 3 N–H and O–H groups in total. The summed E-state index contributed by atoms with van der Waals surface area (Å²) in [7, 11) is 0. The van der Waals surface area contributed by atoms with Crippen LogP contribution >= 0.6 is 0 Å². The Morgan fingerprint density at radius 2 is 1.62 bits per heavy atom. The first-order valence-electron chi connectivity index (χ1n) is 11.9. The van der Waals surface area contributed by atoms with E-state index in [1.165, 1.54) is 0 Å². The van der Waals surface area contributed by atoms with Crippen LogP contribution in [0.25, 0.3) is 11.1 Å². The molecule has 2 aliphatic carbocycles. The number of alkyl carbamates (subject to hydrolysis) is 1. The highest BCUT2D eigenvalue weighted by molar-refractivity contribution is 5.86. The molecule has 4 rings (SSSR count). The quantitative estimate of drug-likeness (QED) is 0.508. The average Bonchev–Trinajstić information content (AvgIpc) is 3.08. The monoisotopic (exact) mass is 464 g/mol. The second-order valence-electron chi connectivity index (χ2n) is 9.91. The minimum absolute atomic E-state index is 0.0405. The summed E-state index contributed by atoms with van der Waals surface area (Å²) in [5.74, 6) is -1.21. The van der Waals surface area contributed by atoms with Crippen molar-refractivity contribution in [2.24, 2.45) is 5.92 Å². The molecule has 0 aromatic heterocycles. The fraction of sp³-hybridized carbons (Fsp3) is 0.444. The highest BCUT2D eigenvalue weighted by atomic mass is 16.5. The molecule has 1 fully saturated rings. The first kappa shape index (κ1) is 23.8. The molecule has 2 amide bonds. The Kier molecular flexibility index (Phi) is 6.91. The Balaban J connectivity index is 1.39. The van der Waals surface area contributed by atoms with Crippen LogP contribution in [0.5, 0.6) is 0 Å². The summed E-state index contributed by atoms with van der Waals surface area (Å²) < 4.78 is 5.64. The molecule has 0 aliphatic heterocycles. The van der Waals surface area contributed by atoms with Crippen molar-refractivity contribution in [2.45, 2.75) is 63.5 Å². The predicted octanol–water partition coefficient (Wildman–Crippen LogP) is 4.45. The Labute approximate surface area is 199 Å². The molecule has 1 atom stereocenters. The van der Waals surface area contributed by atoms with Gasteiger partial charge in [-0.2, -0.15) is 0 Å². The minimum Gasteiger partial charge on any atom is -0.481 e. The van der Waals surface area contributed by atoms with Crippen molar-refractivity contribution in [1.29, 1.82) is 0 Å². The smallest absolute Gasteiger partial charge is 0.407 e. The summed E-state index contributed by atoms with van der Waals surface area (Å²) in [6, 6.07) is 15.6. The van der Waals surface area contributed by atoms with Crippen molar-refractivity contribution in [3.05, 3.63) is 59.7 Å². The van der Waals surface area contributed by atoms with Crippen LogP contribution in [0.4, 0.5) is 4.79 Å². The van der Waals surface area contributed by atoms with Gasteiger partial charge in [0.15, 0.2) is 0 Å². The molecule has 1 saturated carbocycles. The van der Waals surface area contributed by atoms with Crippen LogP contribution in [0.3, 0.4) is 0 Å². The van der Waals surface area contributed by atoms with Crippen molar-refractivity contribution >= 4 is 18.0 Å². The second kappa shape index (κ2) is 9.87. The summed E-state index contributed by atoms with van der Waals surface area (Å²) in [5, 5.41) is 14.7. The third-order valence-electron chi connectivity index (χ3n) is 6.95. The van der Waals surface area contributed by atoms with Gasteiger partial charge in [-0.05, 0) is 61.3 Å². The van der Waals surface area contributed by atoms with Gasteiger partial charge in [-0.15, -0.1) is 0 Å². The van der Waals surface area contributed by atoms with Crippen LogP contribution < -0.4 is 10.6 Å². The third-order valence-corrected chi connectivity index (χ3v) is 6.95. The highest BCUT2D eigenvalue weighted by Gasteiger charge is 2.37. The van der Waals surface area contributed by atoms with Crippen LogP contribution in [0.15, 0.2) is 48.5 Å². The molecule has 0 heterocycles. The van der Waals surface area contributed by atoms with Gasteiger partial charge in [0, 0.05) is 17.9 Å². The zero-order valence-electron chi connectivity index (χ0n) is 19.7. The van der Waals surface area contributed by atoms with Crippen molar-refractivity contribution in [3.8, 4) is 11.1 Å². The van der Waals surface area contributed by atoms with E-state index in [0.717, 1.165) is 41.5 Å². The van der Waals surface area contributed by atoms with Crippen LogP contribution in [-0.2, 0) is 14.3 Å². The maximum atomic E-state index is 13.0. The van der Waals surface area contributed by atoms with E-state index in [1.54, 1.807) is 13.8 Å². The van der Waals surface area contributed by atoms with Gasteiger partial charge in [-0.1, -0.05) is 55.0 Å². The number of carbonyl (C=O) groups excluding carboxylic acids is 2. The Morgan fingerprint density at radius 3 is 2.15 bits per heavy atom. The molecule has 2 aromatic carbocycles. The van der Waals surface area contributed by atoms with E-state index in [0.29, 0.717) is 6.42 Å². The number of ether oxygens (including phenoxy) is 1. The number of carboxylic acids is 1. The van der Waals surface area contributed by atoms with Crippen molar-refractivity contribution in [1.82, 2.24) is 10.6 Å².